The van der Waals surface area contributed by atoms with Crippen LogP contribution in [0.2, 0.25) is 0 Å². The van der Waals surface area contributed by atoms with E-state index in [1.54, 1.807) is 0 Å². The fraction of sp³-hybridized carbons (Fsp3) is 0.625. The van der Waals surface area contributed by atoms with Crippen LogP contribution in [0.4, 0.5) is 13.2 Å². The van der Waals surface area contributed by atoms with E-state index in [1.807, 2.05) is 0 Å². The largest absolute Gasteiger partial charge is 0.459 e. The predicted molar refractivity (Wildman–Crippen MR) is 41.5 cm³/mol. The Hall–Kier alpha value is -1.00. The number of carbonyl (C=O) groups excluding carboxylic acids is 1. The number of hydrogen-bond acceptors (Lipinski definition) is 2. The molecule has 0 spiro atoms. The molecule has 0 fully saturated rings. The first kappa shape index (κ1) is 12.0. The molecule has 0 aromatic heterocycles. The van der Waals surface area contributed by atoms with Gasteiger partial charge in [0.25, 0.3) is 0 Å². The molecule has 0 saturated carbocycles. The van der Waals surface area contributed by atoms with E-state index in [-0.39, 0.29) is 0 Å². The van der Waals surface area contributed by atoms with Gasteiger partial charge in [0.15, 0.2) is 6.17 Å². The minimum atomic E-state index is -1.97. The summed E-state index contributed by atoms with van der Waals surface area (Å²) in [6.45, 7) is 1.43. The normalized spacial score (nSPS) is 14.7. The molecule has 76 valence electrons. The Bertz CT molecular complexity index is 173. The lowest BCUT2D eigenvalue weighted by Crippen LogP contribution is -2.24. The Morgan fingerprint density at radius 3 is 2.54 bits per heavy atom. The first-order valence-electron chi connectivity index (χ1n) is 3.75. The van der Waals surface area contributed by atoms with Crippen molar-refractivity contribution in [1.29, 1.82) is 0 Å². The Balaban J connectivity index is 3.66. The van der Waals surface area contributed by atoms with E-state index in [0.29, 0.717) is 0 Å². The number of carbonyl (C=O) groups is 1. The fourth-order valence-electron chi connectivity index (χ4n) is 0.610. The Morgan fingerprint density at radius 1 is 1.46 bits per heavy atom. The van der Waals surface area contributed by atoms with Gasteiger partial charge in [0, 0.05) is 12.5 Å². The Labute approximate surface area is 74.4 Å². The van der Waals surface area contributed by atoms with Crippen molar-refractivity contribution in [2.75, 3.05) is 13.3 Å². The van der Waals surface area contributed by atoms with Gasteiger partial charge in [-0.3, -0.25) is 4.39 Å². The van der Waals surface area contributed by atoms with Crippen molar-refractivity contribution in [3.63, 3.8) is 0 Å². The summed E-state index contributed by atoms with van der Waals surface area (Å²) in [6, 6.07) is 0. The van der Waals surface area contributed by atoms with Crippen molar-refractivity contribution >= 4 is 5.97 Å². The maximum absolute atomic E-state index is 12.6. The lowest BCUT2D eigenvalue weighted by molar-refractivity contribution is -0.140. The van der Waals surface area contributed by atoms with Crippen LogP contribution in [-0.2, 0) is 9.53 Å². The summed E-state index contributed by atoms with van der Waals surface area (Å²) < 4.78 is 40.9. The van der Waals surface area contributed by atoms with E-state index >= 15 is 0 Å². The van der Waals surface area contributed by atoms with Gasteiger partial charge in [-0.15, -0.1) is 0 Å². The Kier molecular flexibility index (Phi) is 6.01. The zero-order chi connectivity index (χ0) is 10.3. The van der Waals surface area contributed by atoms with Crippen molar-refractivity contribution in [2.24, 2.45) is 0 Å². The quantitative estimate of drug-likeness (QED) is 0.478. The Morgan fingerprint density at radius 2 is 2.08 bits per heavy atom. The summed E-state index contributed by atoms with van der Waals surface area (Å²) in [4.78, 5) is 10.4. The summed E-state index contributed by atoms with van der Waals surface area (Å²) in [5.41, 5.74) is 0. The molecular formula is C8H11F3O2. The lowest BCUT2D eigenvalue weighted by Gasteiger charge is -2.11. The zero-order valence-electron chi connectivity index (χ0n) is 7.01. The molecule has 0 aliphatic carbocycles. The van der Waals surface area contributed by atoms with Crippen molar-refractivity contribution in [2.45, 2.75) is 18.8 Å². The zero-order valence-corrected chi connectivity index (χ0v) is 7.01. The summed E-state index contributed by atoms with van der Waals surface area (Å²) in [5.74, 6) is -0.824. The fourth-order valence-corrected chi connectivity index (χ4v) is 0.610. The number of halogens is 3. The molecule has 0 bridgehead atoms. The van der Waals surface area contributed by atoms with Crippen LogP contribution in [0.15, 0.2) is 12.7 Å². The summed E-state index contributed by atoms with van der Waals surface area (Å²) >= 11 is 0. The molecule has 0 N–H and O–H groups in total. The SMILES string of the molecule is C=CC(=O)OCC(F)C(F)CCF. The molecule has 2 unspecified atom stereocenters. The van der Waals surface area contributed by atoms with Crippen LogP contribution in [0.1, 0.15) is 6.42 Å². The van der Waals surface area contributed by atoms with E-state index in [9.17, 15) is 18.0 Å². The average Bonchev–Trinajstić information content (AvgIpc) is 2.13. The van der Waals surface area contributed by atoms with E-state index in [2.05, 4.69) is 11.3 Å². The van der Waals surface area contributed by atoms with E-state index in [0.717, 1.165) is 6.08 Å². The number of esters is 1. The third kappa shape index (κ3) is 5.27. The second kappa shape index (κ2) is 6.51. The lowest BCUT2D eigenvalue weighted by atomic mass is 10.2. The van der Waals surface area contributed by atoms with Crippen LogP contribution >= 0.6 is 0 Å². The molecule has 0 aromatic carbocycles. The average molecular weight is 196 g/mol. The number of rotatable bonds is 6. The monoisotopic (exact) mass is 196 g/mol. The third-order valence-corrected chi connectivity index (χ3v) is 1.33. The number of hydrogen-bond donors (Lipinski definition) is 0. The van der Waals surface area contributed by atoms with Crippen LogP contribution in [0, 0.1) is 0 Å². The van der Waals surface area contributed by atoms with Gasteiger partial charge in [-0.05, 0) is 0 Å². The molecule has 2 atom stereocenters. The van der Waals surface area contributed by atoms with Gasteiger partial charge in [0.05, 0.1) is 6.67 Å². The molecule has 0 amide bonds. The topological polar surface area (TPSA) is 26.3 Å². The minimum absolute atomic E-state index is 0.521. The van der Waals surface area contributed by atoms with Gasteiger partial charge in [0.1, 0.15) is 12.8 Å². The van der Waals surface area contributed by atoms with Gasteiger partial charge in [-0.1, -0.05) is 6.58 Å². The highest BCUT2D eigenvalue weighted by Gasteiger charge is 2.21. The summed E-state index contributed by atoms with van der Waals surface area (Å²) in [6.07, 6.45) is -3.58. The van der Waals surface area contributed by atoms with Crippen LogP contribution in [0.25, 0.3) is 0 Å². The second-order valence-electron chi connectivity index (χ2n) is 2.34. The van der Waals surface area contributed by atoms with E-state index < -0.39 is 38.0 Å². The van der Waals surface area contributed by atoms with E-state index in [4.69, 9.17) is 0 Å². The smallest absolute Gasteiger partial charge is 0.330 e. The highest BCUT2D eigenvalue weighted by molar-refractivity contribution is 5.81. The second-order valence-corrected chi connectivity index (χ2v) is 2.34. The predicted octanol–water partition coefficient (Wildman–Crippen LogP) is 1.75. The molecular weight excluding hydrogens is 185 g/mol. The molecule has 0 aliphatic rings. The number of alkyl halides is 3. The maximum Gasteiger partial charge on any atom is 0.330 e. The molecule has 0 aromatic rings. The molecule has 0 aliphatic heterocycles. The standard InChI is InChI=1S/C8H11F3O2/c1-2-8(12)13-5-7(11)6(10)3-4-9/h2,6-7H,1,3-5H2. The van der Waals surface area contributed by atoms with E-state index in [1.165, 1.54) is 0 Å². The van der Waals surface area contributed by atoms with Crippen LogP contribution in [0.3, 0.4) is 0 Å². The maximum atomic E-state index is 12.6. The van der Waals surface area contributed by atoms with Gasteiger partial charge in [-0.25, -0.2) is 13.6 Å². The van der Waals surface area contributed by atoms with Gasteiger partial charge < -0.3 is 4.74 Å². The van der Waals surface area contributed by atoms with Crippen molar-refractivity contribution in [3.05, 3.63) is 12.7 Å². The molecule has 2 nitrogen and oxygen atoms in total. The van der Waals surface area contributed by atoms with Crippen molar-refractivity contribution < 1.29 is 22.7 Å². The highest BCUT2D eigenvalue weighted by atomic mass is 19.2. The van der Waals surface area contributed by atoms with Crippen LogP contribution in [-0.4, -0.2) is 31.6 Å². The first-order chi connectivity index (χ1) is 6.11. The molecule has 0 saturated heterocycles. The molecule has 0 heterocycles. The third-order valence-electron chi connectivity index (χ3n) is 1.33. The van der Waals surface area contributed by atoms with Crippen LogP contribution in [0.5, 0.6) is 0 Å². The first-order valence-corrected chi connectivity index (χ1v) is 3.75. The summed E-state index contributed by atoms with van der Waals surface area (Å²) in [5, 5.41) is 0. The molecule has 0 rings (SSSR count). The highest BCUT2D eigenvalue weighted by Crippen LogP contribution is 2.09. The number of ether oxygens (including phenoxy) is 1. The van der Waals surface area contributed by atoms with Crippen molar-refractivity contribution in [1.82, 2.24) is 0 Å². The minimum Gasteiger partial charge on any atom is -0.459 e. The van der Waals surface area contributed by atoms with Gasteiger partial charge in [-0.2, -0.15) is 0 Å². The van der Waals surface area contributed by atoms with Gasteiger partial charge >= 0.3 is 5.97 Å². The molecule has 0 radical (unpaired) electrons. The molecule has 5 heteroatoms. The summed E-state index contributed by atoms with van der Waals surface area (Å²) in [7, 11) is 0. The van der Waals surface area contributed by atoms with Gasteiger partial charge in [0.2, 0.25) is 0 Å². The molecule has 13 heavy (non-hydrogen) atoms. The van der Waals surface area contributed by atoms with Crippen molar-refractivity contribution in [3.8, 4) is 0 Å². The van der Waals surface area contributed by atoms with Crippen LogP contribution < -0.4 is 0 Å².